The van der Waals surface area contributed by atoms with Crippen LogP contribution in [-0.4, -0.2) is 47.4 Å². The fourth-order valence-electron chi connectivity index (χ4n) is 3.96. The number of terminal acetylenes is 1. The van der Waals surface area contributed by atoms with Crippen molar-refractivity contribution < 1.29 is 19.2 Å². The van der Waals surface area contributed by atoms with Crippen LogP contribution in [0.15, 0.2) is 24.3 Å². The molecule has 48 heavy (non-hydrogen) atoms. The predicted octanol–water partition coefficient (Wildman–Crippen LogP) is 10.9. The average Bonchev–Trinajstić information content (AvgIpc) is 3.76. The Labute approximate surface area is 328 Å². The van der Waals surface area contributed by atoms with E-state index in [0.29, 0.717) is 22.3 Å². The van der Waals surface area contributed by atoms with Crippen LogP contribution in [0.5, 0.6) is 0 Å². The van der Waals surface area contributed by atoms with Crippen LogP contribution in [0.2, 0.25) is 58.9 Å². The summed E-state index contributed by atoms with van der Waals surface area (Å²) in [4.78, 5) is 54.1. The van der Waals surface area contributed by atoms with Crippen LogP contribution in [0.1, 0.15) is 51.2 Å². The number of ketones is 4. The number of hydrogen-bond acceptors (Lipinski definition) is 8. The molecule has 4 aromatic heterocycles. The highest BCUT2D eigenvalue weighted by Crippen LogP contribution is 2.45. The van der Waals surface area contributed by atoms with E-state index in [1.165, 1.54) is 22.7 Å². The summed E-state index contributed by atoms with van der Waals surface area (Å²) in [6, 6.07) is 7.17. The lowest BCUT2D eigenvalue weighted by Gasteiger charge is -2.08. The largest absolute Gasteiger partial charge is 0.285 e. The summed E-state index contributed by atoms with van der Waals surface area (Å²) < 4.78 is 2.08. The van der Waals surface area contributed by atoms with Crippen molar-refractivity contribution >= 4 is 138 Å². The van der Waals surface area contributed by atoms with Crippen LogP contribution >= 0.6 is 90.5 Å². The van der Waals surface area contributed by atoms with E-state index in [9.17, 15) is 19.2 Å². The number of carbonyl (C=O) groups excluding carboxylic acids is 4. The molecule has 2 aliphatic carbocycles. The zero-order valence-corrected chi connectivity index (χ0v) is 38.5. The molecule has 4 nitrogen and oxygen atoms in total. The van der Waals surface area contributed by atoms with E-state index in [-0.39, 0.29) is 11.6 Å². The number of halogens is 2. The highest BCUT2D eigenvalue weighted by atomic mass is 127. The molecular weight excluding hydrogens is 951 g/mol. The fourth-order valence-corrected chi connectivity index (χ4v) is 11.2. The Hall–Kier alpha value is -1.73. The second-order valence-electron chi connectivity index (χ2n) is 14.0. The summed E-state index contributed by atoms with van der Waals surface area (Å²) in [5, 5.41) is 0. The van der Waals surface area contributed by atoms with Gasteiger partial charge in [0.2, 0.25) is 23.1 Å². The van der Waals surface area contributed by atoms with Crippen LogP contribution in [0, 0.1) is 40.7 Å². The Morgan fingerprint density at radius 1 is 0.500 bits per heavy atom. The van der Waals surface area contributed by atoms with E-state index in [4.69, 9.17) is 6.42 Å². The number of Topliss-reactive ketones (excluding diaryl/α,β-unsaturated/α-hetero) is 4. The third kappa shape index (κ3) is 9.53. The summed E-state index contributed by atoms with van der Waals surface area (Å²) in [7, 11) is -4.10. The van der Waals surface area contributed by atoms with Gasteiger partial charge >= 0.3 is 0 Å². The zero-order valence-electron chi connectivity index (χ0n) is 27.9. The molecule has 0 N–H and O–H groups in total. The monoisotopic (exact) mass is 982 g/mol. The van der Waals surface area contributed by atoms with Crippen molar-refractivity contribution in [1.82, 2.24) is 0 Å². The summed E-state index contributed by atoms with van der Waals surface area (Å²) >= 11 is 10.5. The van der Waals surface area contributed by atoms with Crippen molar-refractivity contribution in [1.29, 1.82) is 0 Å². The van der Waals surface area contributed by atoms with Crippen LogP contribution in [0.25, 0.3) is 19.5 Å². The molecule has 0 aliphatic heterocycles. The number of rotatable bonds is 0. The molecule has 6 rings (SSSR count). The molecule has 0 aromatic carbocycles. The molecule has 246 valence electrons. The van der Waals surface area contributed by atoms with Gasteiger partial charge in [-0.15, -0.1) is 68.4 Å². The Balaban J connectivity index is 0.000000199. The lowest BCUT2D eigenvalue weighted by molar-refractivity contribution is 0.0816. The van der Waals surface area contributed by atoms with E-state index in [0.717, 1.165) is 35.0 Å². The van der Waals surface area contributed by atoms with Crippen molar-refractivity contribution in [2.45, 2.75) is 58.9 Å². The Morgan fingerprint density at radius 2 is 0.771 bits per heavy atom. The third-order valence-corrected chi connectivity index (χ3v) is 15.1. The molecule has 0 spiro atoms. The number of carbonyl (C=O) groups is 4. The Kier molecular flexibility index (Phi) is 12.1. The molecular formula is C35H32I2O4S4Si3. The first-order valence-electron chi connectivity index (χ1n) is 14.7. The van der Waals surface area contributed by atoms with E-state index in [1.807, 2.05) is 0 Å². The maximum Gasteiger partial charge on any atom is 0.235 e. The van der Waals surface area contributed by atoms with Gasteiger partial charge in [0.1, 0.15) is 24.2 Å². The van der Waals surface area contributed by atoms with Crippen molar-refractivity contribution in [2.24, 2.45) is 0 Å². The van der Waals surface area contributed by atoms with E-state index in [1.54, 1.807) is 46.9 Å². The summed E-state index contributed by atoms with van der Waals surface area (Å²) in [6.45, 7) is 19.5. The quantitative estimate of drug-likeness (QED) is 0.0762. The van der Waals surface area contributed by atoms with E-state index >= 15 is 0 Å². The first-order valence-corrected chi connectivity index (χ1v) is 30.6. The standard InChI is InChI=1S/C20H20O2S2Si2.C10H2I2O2S2.C5H10Si/c1-25(2,3)9-7-13-11-15-17(21)18(22)16-12-14(8-10-26(4,5)6)24-20(16)19(15)23-13;11-5-1-3-7(13)8(14)4-2-6(12)16-10(4)9(3)15-5;1-5-6(2,3)4/h11-12H,1-6H3;1-2H;1H,2-4H3. The minimum absolute atomic E-state index is 0.365. The first kappa shape index (κ1) is 39.1. The number of hydrogen-bond donors (Lipinski definition) is 0. The lowest BCUT2D eigenvalue weighted by Crippen LogP contribution is -2.18. The number of thiophene rings is 4. The fraction of sp³-hybridized carbons (Fsp3) is 0.257. The van der Waals surface area contributed by atoms with Gasteiger partial charge in [-0.1, -0.05) is 70.8 Å². The maximum atomic E-state index is 12.5. The molecule has 0 unspecified atom stereocenters. The van der Waals surface area contributed by atoms with Gasteiger partial charge in [-0.3, -0.25) is 19.2 Å². The number of fused-ring (bicyclic) bond motifs is 6. The SMILES string of the molecule is C#C[Si](C)(C)C.C[Si](C)(C)C#Cc1cc2c(s1)-c1sc(C#C[Si](C)(C)C)cc1C(=O)C2=O.O=C1C(=O)c2cc(I)sc2-c2sc(I)cc21. The molecule has 0 atom stereocenters. The molecule has 2 aliphatic rings. The Morgan fingerprint density at radius 3 is 1.04 bits per heavy atom. The normalized spacial score (nSPS) is 13.1. The minimum atomic E-state index is -1.50. The predicted molar refractivity (Wildman–Crippen MR) is 231 cm³/mol. The first-order chi connectivity index (χ1) is 22.1. The second kappa shape index (κ2) is 14.9. The van der Waals surface area contributed by atoms with Crippen molar-refractivity contribution in [3.8, 4) is 54.4 Å². The summed E-state index contributed by atoms with van der Waals surface area (Å²) in [5.74, 6) is 4.84. The molecule has 0 radical (unpaired) electrons. The highest BCUT2D eigenvalue weighted by molar-refractivity contribution is 14.1. The smallest absolute Gasteiger partial charge is 0.235 e. The maximum absolute atomic E-state index is 12.5. The van der Waals surface area contributed by atoms with Crippen LogP contribution in [-0.2, 0) is 0 Å². The van der Waals surface area contributed by atoms with Crippen molar-refractivity contribution in [3.05, 3.63) is 62.0 Å². The summed E-state index contributed by atoms with van der Waals surface area (Å²) in [6.07, 6.45) is 5.12. The van der Waals surface area contributed by atoms with Gasteiger partial charge in [-0.25, -0.2) is 0 Å². The van der Waals surface area contributed by atoms with Gasteiger partial charge in [0.05, 0.1) is 35.0 Å². The molecule has 0 amide bonds. The minimum Gasteiger partial charge on any atom is -0.285 e. The molecule has 13 heteroatoms. The van der Waals surface area contributed by atoms with Crippen LogP contribution in [0.4, 0.5) is 0 Å². The van der Waals surface area contributed by atoms with Gasteiger partial charge in [0.25, 0.3) is 0 Å². The van der Waals surface area contributed by atoms with Gasteiger partial charge in [0.15, 0.2) is 0 Å². The highest BCUT2D eigenvalue weighted by Gasteiger charge is 2.35. The zero-order chi connectivity index (χ0) is 35.9. The van der Waals surface area contributed by atoms with E-state index in [2.05, 4.69) is 133 Å². The second-order valence-corrected chi connectivity index (χ2v) is 36.3. The Bertz CT molecular complexity index is 2020. The van der Waals surface area contributed by atoms with Crippen molar-refractivity contribution in [3.63, 3.8) is 0 Å². The van der Waals surface area contributed by atoms with Gasteiger partial charge < -0.3 is 0 Å². The molecule has 0 fully saturated rings. The molecule has 4 heterocycles. The van der Waals surface area contributed by atoms with Crippen LogP contribution < -0.4 is 0 Å². The third-order valence-electron chi connectivity index (χ3n) is 6.23. The van der Waals surface area contributed by atoms with E-state index < -0.39 is 35.8 Å². The molecule has 0 bridgehead atoms. The van der Waals surface area contributed by atoms with Crippen LogP contribution in [0.3, 0.4) is 0 Å². The summed E-state index contributed by atoms with van der Waals surface area (Å²) in [5.41, 5.74) is 11.5. The molecule has 4 aromatic rings. The van der Waals surface area contributed by atoms with Crippen molar-refractivity contribution in [2.75, 3.05) is 0 Å². The topological polar surface area (TPSA) is 68.3 Å². The molecule has 0 saturated heterocycles. The van der Waals surface area contributed by atoms with Gasteiger partial charge in [-0.2, -0.15) is 0 Å². The molecule has 0 saturated carbocycles. The lowest BCUT2D eigenvalue weighted by atomic mass is 9.95. The van der Waals surface area contributed by atoms with Gasteiger partial charge in [-0.05, 0) is 69.4 Å². The van der Waals surface area contributed by atoms with Gasteiger partial charge in [0, 0.05) is 22.3 Å². The average molecular weight is 983 g/mol.